The topological polar surface area (TPSA) is 116 Å². The fraction of sp³-hybridized carbons (Fsp3) is 0.469. The number of carbonyl (C=O) groups is 5. The Morgan fingerprint density at radius 3 is 1.68 bits per heavy atom. The third-order valence-electron chi connectivity index (χ3n) is 5.85. The number of hydroxylamine groups is 1. The van der Waals surface area contributed by atoms with Gasteiger partial charge in [0.05, 0.1) is 18.1 Å². The van der Waals surface area contributed by atoms with Crippen molar-refractivity contribution in [2.24, 2.45) is 16.7 Å². The highest BCUT2D eigenvalue weighted by Crippen LogP contribution is 2.26. The molecular formula is C32H41NO7. The first-order valence-electron chi connectivity index (χ1n) is 13.3. The van der Waals surface area contributed by atoms with Crippen molar-refractivity contribution in [3.05, 3.63) is 70.3 Å². The van der Waals surface area contributed by atoms with E-state index < -0.39 is 40.0 Å². The maximum atomic E-state index is 13.6. The summed E-state index contributed by atoms with van der Waals surface area (Å²) < 4.78 is 5.32. The Balaban J connectivity index is 2.36. The van der Waals surface area contributed by atoms with E-state index >= 15 is 0 Å². The summed E-state index contributed by atoms with van der Waals surface area (Å²) in [5, 5.41) is 0. The molecular weight excluding hydrogens is 510 g/mol. The molecule has 40 heavy (non-hydrogen) atoms. The normalized spacial score (nSPS) is 12.8. The van der Waals surface area contributed by atoms with E-state index in [9.17, 15) is 24.0 Å². The van der Waals surface area contributed by atoms with Gasteiger partial charge in [-0.25, -0.2) is 5.48 Å². The monoisotopic (exact) mass is 551 g/mol. The lowest BCUT2D eigenvalue weighted by molar-refractivity contribution is -0.162. The zero-order valence-electron chi connectivity index (χ0n) is 25.2. The highest BCUT2D eigenvalue weighted by atomic mass is 16.7. The Morgan fingerprint density at radius 2 is 1.18 bits per heavy atom. The molecule has 0 aliphatic carbocycles. The molecule has 1 unspecified atom stereocenters. The van der Waals surface area contributed by atoms with Crippen LogP contribution in [0.1, 0.15) is 116 Å². The molecule has 0 aliphatic rings. The predicted molar refractivity (Wildman–Crippen MR) is 152 cm³/mol. The number of carbonyl (C=O) groups excluding carboxylic acids is 5. The fourth-order valence-electron chi connectivity index (χ4n) is 3.62. The van der Waals surface area contributed by atoms with Gasteiger partial charge in [-0.2, -0.15) is 0 Å². The number of hydrogen-bond donors (Lipinski definition) is 1. The van der Waals surface area contributed by atoms with Crippen LogP contribution in [-0.4, -0.2) is 41.4 Å². The summed E-state index contributed by atoms with van der Waals surface area (Å²) in [7, 11) is 0. The van der Waals surface area contributed by atoms with Crippen molar-refractivity contribution in [1.29, 1.82) is 0 Å². The number of amides is 1. The summed E-state index contributed by atoms with van der Waals surface area (Å²) in [6.45, 7) is 17.5. The standard InChI is InChI=1S/C32H41NO7/c1-19(29(38)40-32(8,9)10)18-39-33-28(37)23-16-15-22(27(36)31(5,6)7)17-24(23)25(34)20-11-13-21(14-12-20)26(35)30(2,3)4/h11-17,19H,18H2,1-10H3,(H,33,37). The Kier molecular flexibility index (Phi) is 9.97. The van der Waals surface area contributed by atoms with E-state index in [-0.39, 0.29) is 40.4 Å². The van der Waals surface area contributed by atoms with E-state index in [2.05, 4.69) is 5.48 Å². The summed E-state index contributed by atoms with van der Waals surface area (Å²) in [5.41, 5.74) is 1.33. The summed E-state index contributed by atoms with van der Waals surface area (Å²) in [6, 6.07) is 10.5. The highest BCUT2D eigenvalue weighted by Gasteiger charge is 2.28. The van der Waals surface area contributed by atoms with E-state index in [1.165, 1.54) is 30.3 Å². The lowest BCUT2D eigenvalue weighted by Gasteiger charge is -2.22. The molecule has 8 nitrogen and oxygen atoms in total. The molecule has 8 heteroatoms. The molecule has 2 aromatic carbocycles. The number of benzene rings is 2. The molecule has 0 spiro atoms. The van der Waals surface area contributed by atoms with Gasteiger partial charge < -0.3 is 4.74 Å². The minimum atomic E-state index is -0.714. The lowest BCUT2D eigenvalue weighted by atomic mass is 9.84. The molecule has 0 bridgehead atoms. The first kappa shape index (κ1) is 32.6. The van der Waals surface area contributed by atoms with E-state index in [1.807, 2.05) is 20.8 Å². The van der Waals surface area contributed by atoms with Crippen LogP contribution in [0.25, 0.3) is 0 Å². The summed E-state index contributed by atoms with van der Waals surface area (Å²) in [4.78, 5) is 69.7. The van der Waals surface area contributed by atoms with Crippen LogP contribution in [0.5, 0.6) is 0 Å². The average Bonchev–Trinajstić information content (AvgIpc) is 2.84. The molecule has 216 valence electrons. The maximum Gasteiger partial charge on any atom is 0.311 e. The van der Waals surface area contributed by atoms with Crippen LogP contribution >= 0.6 is 0 Å². The van der Waals surface area contributed by atoms with Crippen LogP contribution in [-0.2, 0) is 14.4 Å². The van der Waals surface area contributed by atoms with Gasteiger partial charge in [-0.05, 0) is 39.8 Å². The minimum Gasteiger partial charge on any atom is -0.460 e. The lowest BCUT2D eigenvalue weighted by Crippen LogP contribution is -2.33. The highest BCUT2D eigenvalue weighted by molar-refractivity contribution is 6.16. The molecule has 1 amide bonds. The van der Waals surface area contributed by atoms with Crippen LogP contribution in [0.2, 0.25) is 0 Å². The summed E-state index contributed by atoms with van der Waals surface area (Å²) in [6.07, 6.45) is 0. The Bertz CT molecular complexity index is 1290. The Morgan fingerprint density at radius 1 is 0.700 bits per heavy atom. The van der Waals surface area contributed by atoms with Gasteiger partial charge in [0.2, 0.25) is 0 Å². The zero-order chi connectivity index (χ0) is 30.6. The van der Waals surface area contributed by atoms with Gasteiger partial charge in [0.25, 0.3) is 5.91 Å². The van der Waals surface area contributed by atoms with Crippen molar-refractivity contribution < 1.29 is 33.5 Å². The molecule has 0 saturated carbocycles. The molecule has 0 saturated heterocycles. The van der Waals surface area contributed by atoms with E-state index in [4.69, 9.17) is 9.57 Å². The van der Waals surface area contributed by atoms with Crippen LogP contribution in [0.15, 0.2) is 42.5 Å². The maximum absolute atomic E-state index is 13.6. The summed E-state index contributed by atoms with van der Waals surface area (Å²) >= 11 is 0. The molecule has 0 heterocycles. The first-order chi connectivity index (χ1) is 18.2. The molecule has 0 aliphatic heterocycles. The third-order valence-corrected chi connectivity index (χ3v) is 5.85. The van der Waals surface area contributed by atoms with Gasteiger partial charge in [-0.1, -0.05) is 71.9 Å². The quantitative estimate of drug-likeness (QED) is 0.230. The SMILES string of the molecule is CC(CONC(=O)c1ccc(C(=O)C(C)(C)C)cc1C(=O)c1ccc(C(=O)C(C)(C)C)cc1)C(=O)OC(C)(C)C. The number of rotatable bonds is 9. The van der Waals surface area contributed by atoms with Crippen molar-refractivity contribution >= 4 is 29.2 Å². The molecule has 2 rings (SSSR count). The predicted octanol–water partition coefficient (Wildman–Crippen LogP) is 6.01. The number of ketones is 3. The average molecular weight is 552 g/mol. The first-order valence-corrected chi connectivity index (χ1v) is 13.3. The largest absolute Gasteiger partial charge is 0.460 e. The third kappa shape index (κ3) is 8.68. The second-order valence-corrected chi connectivity index (χ2v) is 13.0. The van der Waals surface area contributed by atoms with Gasteiger partial charge in [0.15, 0.2) is 17.3 Å². The van der Waals surface area contributed by atoms with Gasteiger partial charge in [0.1, 0.15) is 5.60 Å². The van der Waals surface area contributed by atoms with Crippen LogP contribution in [0.3, 0.4) is 0 Å². The molecule has 1 N–H and O–H groups in total. The van der Waals surface area contributed by atoms with E-state index in [0.717, 1.165) is 0 Å². The molecule has 0 fully saturated rings. The van der Waals surface area contributed by atoms with Gasteiger partial charge in [-0.3, -0.25) is 28.8 Å². The smallest absolute Gasteiger partial charge is 0.311 e. The van der Waals surface area contributed by atoms with E-state index in [1.54, 1.807) is 60.6 Å². The molecule has 0 aromatic heterocycles. The molecule has 0 radical (unpaired) electrons. The second kappa shape index (κ2) is 12.3. The van der Waals surface area contributed by atoms with Gasteiger partial charge >= 0.3 is 5.97 Å². The number of esters is 1. The number of ether oxygens (including phenoxy) is 1. The van der Waals surface area contributed by atoms with Crippen molar-refractivity contribution in [2.75, 3.05) is 6.61 Å². The van der Waals surface area contributed by atoms with Gasteiger partial charge in [-0.15, -0.1) is 0 Å². The number of nitrogens with one attached hydrogen (secondary N) is 1. The van der Waals surface area contributed by atoms with Crippen molar-refractivity contribution in [2.45, 2.75) is 74.8 Å². The Hall–Kier alpha value is -3.65. The van der Waals surface area contributed by atoms with Crippen LogP contribution in [0.4, 0.5) is 0 Å². The number of hydrogen-bond acceptors (Lipinski definition) is 7. The second-order valence-electron chi connectivity index (χ2n) is 13.0. The zero-order valence-corrected chi connectivity index (χ0v) is 25.2. The summed E-state index contributed by atoms with van der Waals surface area (Å²) in [5.74, 6) is -2.60. The Labute approximate surface area is 236 Å². The van der Waals surface area contributed by atoms with Gasteiger partial charge in [0, 0.05) is 33.1 Å². The van der Waals surface area contributed by atoms with E-state index in [0.29, 0.717) is 5.56 Å². The van der Waals surface area contributed by atoms with Crippen molar-refractivity contribution in [3.8, 4) is 0 Å². The number of Topliss-reactive ketones (excluding diaryl/α,β-unsaturated/α-hetero) is 2. The minimum absolute atomic E-state index is 0.00442. The fourth-order valence-corrected chi connectivity index (χ4v) is 3.62. The molecule has 2 aromatic rings. The van der Waals surface area contributed by atoms with Crippen LogP contribution < -0.4 is 5.48 Å². The van der Waals surface area contributed by atoms with Crippen molar-refractivity contribution in [1.82, 2.24) is 5.48 Å². The van der Waals surface area contributed by atoms with Crippen LogP contribution in [0, 0.1) is 16.7 Å². The molecule has 1 atom stereocenters. The van der Waals surface area contributed by atoms with Crippen molar-refractivity contribution in [3.63, 3.8) is 0 Å².